The minimum atomic E-state index is -0.873. The zero-order chi connectivity index (χ0) is 23.4. The standard InChI is InChI=1S/C28H27F3O2/c1-3-5-6-20-11-14-24(28(31)27(20)30)19-9-7-18(8-10-19)23-13-12-21(15-25(23)29)22-16-32-26(4-2)33-17-22/h3,5,7-15,22,26H,4,6,16-17H2,1-2H3/b5-3-. The van der Waals surface area contributed by atoms with Crippen LogP contribution < -0.4 is 0 Å². The van der Waals surface area contributed by atoms with Crippen molar-refractivity contribution in [1.29, 1.82) is 0 Å². The Hall–Kier alpha value is -2.89. The van der Waals surface area contributed by atoms with Crippen LogP contribution in [0, 0.1) is 17.5 Å². The minimum absolute atomic E-state index is 0.00705. The molecule has 1 aliphatic rings. The number of hydrogen-bond acceptors (Lipinski definition) is 2. The second-order valence-corrected chi connectivity index (χ2v) is 8.19. The fourth-order valence-electron chi connectivity index (χ4n) is 4.03. The van der Waals surface area contributed by atoms with E-state index in [1.807, 2.05) is 19.9 Å². The summed E-state index contributed by atoms with van der Waals surface area (Å²) >= 11 is 0. The van der Waals surface area contributed by atoms with Crippen molar-refractivity contribution in [3.05, 3.63) is 95.3 Å². The normalized spacial score (nSPS) is 18.7. The molecule has 0 atom stereocenters. The smallest absolute Gasteiger partial charge is 0.166 e. The van der Waals surface area contributed by atoms with Crippen LogP contribution >= 0.6 is 0 Å². The van der Waals surface area contributed by atoms with Gasteiger partial charge in [0.15, 0.2) is 17.9 Å². The molecule has 0 saturated carbocycles. The fraction of sp³-hybridized carbons (Fsp3) is 0.286. The summed E-state index contributed by atoms with van der Waals surface area (Å²) in [5.74, 6) is -2.06. The Morgan fingerprint density at radius 3 is 2.09 bits per heavy atom. The van der Waals surface area contributed by atoms with Crippen molar-refractivity contribution in [2.45, 2.75) is 38.9 Å². The highest BCUT2D eigenvalue weighted by Crippen LogP contribution is 2.32. The summed E-state index contributed by atoms with van der Waals surface area (Å²) in [5.41, 5.74) is 2.97. The quantitative estimate of drug-likeness (QED) is 0.362. The fourth-order valence-corrected chi connectivity index (χ4v) is 4.03. The molecular formula is C28H27F3O2. The molecule has 0 aliphatic carbocycles. The molecule has 1 heterocycles. The highest BCUT2D eigenvalue weighted by atomic mass is 19.2. The lowest BCUT2D eigenvalue weighted by atomic mass is 9.95. The summed E-state index contributed by atoms with van der Waals surface area (Å²) < 4.78 is 55.3. The molecule has 3 aromatic carbocycles. The van der Waals surface area contributed by atoms with Gasteiger partial charge in [0.25, 0.3) is 0 Å². The number of benzene rings is 3. The molecule has 0 amide bonds. The minimum Gasteiger partial charge on any atom is -0.352 e. The third kappa shape index (κ3) is 5.05. The van der Waals surface area contributed by atoms with E-state index in [-0.39, 0.29) is 23.6 Å². The number of allylic oxidation sites excluding steroid dienone is 2. The third-order valence-corrected chi connectivity index (χ3v) is 6.01. The van der Waals surface area contributed by atoms with Crippen LogP contribution in [-0.2, 0) is 15.9 Å². The zero-order valence-electron chi connectivity index (χ0n) is 18.8. The van der Waals surface area contributed by atoms with E-state index in [9.17, 15) is 13.2 Å². The highest BCUT2D eigenvalue weighted by Gasteiger charge is 2.23. The van der Waals surface area contributed by atoms with E-state index < -0.39 is 11.6 Å². The number of hydrogen-bond donors (Lipinski definition) is 0. The summed E-state index contributed by atoms with van der Waals surface area (Å²) in [7, 11) is 0. The van der Waals surface area contributed by atoms with Gasteiger partial charge in [-0.3, -0.25) is 0 Å². The Labute approximate surface area is 192 Å². The average molecular weight is 453 g/mol. The lowest BCUT2D eigenvalue weighted by molar-refractivity contribution is -0.187. The number of rotatable bonds is 6. The van der Waals surface area contributed by atoms with Crippen molar-refractivity contribution in [2.24, 2.45) is 0 Å². The van der Waals surface area contributed by atoms with Gasteiger partial charge >= 0.3 is 0 Å². The number of halogens is 3. The average Bonchev–Trinajstić information content (AvgIpc) is 2.85. The Morgan fingerprint density at radius 1 is 0.848 bits per heavy atom. The molecule has 0 unspecified atom stereocenters. The molecular weight excluding hydrogens is 425 g/mol. The predicted octanol–water partition coefficient (Wildman–Crippen LogP) is 7.42. The molecule has 0 N–H and O–H groups in total. The van der Waals surface area contributed by atoms with E-state index >= 15 is 0 Å². The van der Waals surface area contributed by atoms with Gasteiger partial charge in [0.05, 0.1) is 13.2 Å². The van der Waals surface area contributed by atoms with Gasteiger partial charge in [-0.15, -0.1) is 0 Å². The Kier molecular flexibility index (Phi) is 7.31. The van der Waals surface area contributed by atoms with E-state index in [0.29, 0.717) is 41.9 Å². The van der Waals surface area contributed by atoms with E-state index in [4.69, 9.17) is 9.47 Å². The SMILES string of the molecule is C/C=C\Cc1ccc(-c2ccc(-c3ccc(C4COC(CC)OC4)cc3F)cc2)c(F)c1F. The first-order valence-corrected chi connectivity index (χ1v) is 11.2. The molecule has 172 valence electrons. The molecule has 1 aliphatic heterocycles. The van der Waals surface area contributed by atoms with Gasteiger partial charge < -0.3 is 9.47 Å². The maximum Gasteiger partial charge on any atom is 0.166 e. The van der Waals surface area contributed by atoms with Crippen molar-refractivity contribution >= 4 is 0 Å². The number of ether oxygens (including phenoxy) is 2. The van der Waals surface area contributed by atoms with Gasteiger partial charge in [0.2, 0.25) is 0 Å². The Bertz CT molecular complexity index is 1130. The zero-order valence-corrected chi connectivity index (χ0v) is 18.8. The molecule has 33 heavy (non-hydrogen) atoms. The van der Waals surface area contributed by atoms with Crippen molar-refractivity contribution in [3.8, 4) is 22.3 Å². The summed E-state index contributed by atoms with van der Waals surface area (Å²) in [6, 6.07) is 15.1. The van der Waals surface area contributed by atoms with Gasteiger partial charge in [0.1, 0.15) is 5.82 Å². The van der Waals surface area contributed by atoms with E-state index in [2.05, 4.69) is 0 Å². The van der Waals surface area contributed by atoms with Gasteiger partial charge in [0, 0.05) is 17.0 Å². The second-order valence-electron chi connectivity index (χ2n) is 8.19. The molecule has 2 nitrogen and oxygen atoms in total. The van der Waals surface area contributed by atoms with Crippen LogP contribution in [0.5, 0.6) is 0 Å². The molecule has 1 saturated heterocycles. The van der Waals surface area contributed by atoms with Crippen LogP contribution in [0.2, 0.25) is 0 Å². The molecule has 1 fully saturated rings. The van der Waals surface area contributed by atoms with E-state index in [0.717, 1.165) is 12.0 Å². The van der Waals surface area contributed by atoms with Crippen LogP contribution in [0.3, 0.4) is 0 Å². The largest absolute Gasteiger partial charge is 0.352 e. The van der Waals surface area contributed by atoms with Crippen molar-refractivity contribution in [1.82, 2.24) is 0 Å². The molecule has 4 rings (SSSR count). The Balaban J connectivity index is 1.53. The van der Waals surface area contributed by atoms with Crippen molar-refractivity contribution in [3.63, 3.8) is 0 Å². The molecule has 0 aromatic heterocycles. The van der Waals surface area contributed by atoms with E-state index in [1.54, 1.807) is 54.6 Å². The predicted molar refractivity (Wildman–Crippen MR) is 124 cm³/mol. The molecule has 0 radical (unpaired) electrons. The maximum atomic E-state index is 14.9. The second kappa shape index (κ2) is 10.4. The highest BCUT2D eigenvalue weighted by molar-refractivity contribution is 5.71. The van der Waals surface area contributed by atoms with Gasteiger partial charge in [-0.1, -0.05) is 67.6 Å². The lowest BCUT2D eigenvalue weighted by Crippen LogP contribution is -2.30. The topological polar surface area (TPSA) is 18.5 Å². The van der Waals surface area contributed by atoms with Gasteiger partial charge in [-0.25, -0.2) is 13.2 Å². The van der Waals surface area contributed by atoms with Crippen LogP contribution in [0.25, 0.3) is 22.3 Å². The van der Waals surface area contributed by atoms with Gasteiger partial charge in [-0.05, 0) is 48.1 Å². The molecule has 3 aromatic rings. The third-order valence-electron chi connectivity index (χ3n) is 6.01. The molecule has 0 bridgehead atoms. The monoisotopic (exact) mass is 452 g/mol. The van der Waals surface area contributed by atoms with E-state index in [1.165, 1.54) is 6.07 Å². The van der Waals surface area contributed by atoms with Crippen molar-refractivity contribution < 1.29 is 22.6 Å². The first kappa shape index (κ1) is 23.3. The van der Waals surface area contributed by atoms with Crippen LogP contribution in [0.4, 0.5) is 13.2 Å². The summed E-state index contributed by atoms with van der Waals surface area (Å²) in [6.45, 7) is 4.83. The Morgan fingerprint density at radius 2 is 1.48 bits per heavy atom. The summed E-state index contributed by atoms with van der Waals surface area (Å²) in [4.78, 5) is 0. The summed E-state index contributed by atoms with van der Waals surface area (Å²) in [5, 5.41) is 0. The van der Waals surface area contributed by atoms with Crippen LogP contribution in [0.15, 0.2) is 66.7 Å². The van der Waals surface area contributed by atoms with Crippen LogP contribution in [-0.4, -0.2) is 19.5 Å². The maximum absolute atomic E-state index is 14.9. The summed E-state index contributed by atoms with van der Waals surface area (Å²) in [6.07, 6.45) is 4.52. The van der Waals surface area contributed by atoms with Gasteiger partial charge in [-0.2, -0.15) is 0 Å². The first-order chi connectivity index (χ1) is 16.0. The van der Waals surface area contributed by atoms with Crippen molar-refractivity contribution in [2.75, 3.05) is 13.2 Å². The molecule has 0 spiro atoms. The van der Waals surface area contributed by atoms with Crippen LogP contribution in [0.1, 0.15) is 37.3 Å². The first-order valence-electron chi connectivity index (χ1n) is 11.2. The molecule has 5 heteroatoms. The lowest BCUT2D eigenvalue weighted by Gasteiger charge is -2.29.